The topological polar surface area (TPSA) is 54.0 Å². The highest BCUT2D eigenvalue weighted by Crippen LogP contribution is 2.19. The summed E-state index contributed by atoms with van der Waals surface area (Å²) in [5.41, 5.74) is 1.95. The van der Waals surface area contributed by atoms with Crippen molar-refractivity contribution in [1.29, 1.82) is 0 Å². The third-order valence-electron chi connectivity index (χ3n) is 4.48. The quantitative estimate of drug-likeness (QED) is 0.733. The van der Waals surface area contributed by atoms with E-state index in [0.717, 1.165) is 43.4 Å². The van der Waals surface area contributed by atoms with Crippen LogP contribution >= 0.6 is 11.6 Å². The van der Waals surface area contributed by atoms with E-state index in [9.17, 15) is 4.79 Å². The summed E-state index contributed by atoms with van der Waals surface area (Å²) in [6, 6.07) is 15.2. The van der Waals surface area contributed by atoms with Gasteiger partial charge in [-0.05, 0) is 49.5 Å². The number of nitrogens with one attached hydrogen (secondary N) is 1. The van der Waals surface area contributed by atoms with E-state index in [1.54, 1.807) is 12.1 Å². The molecule has 0 bridgehead atoms. The smallest absolute Gasteiger partial charge is 0.238 e. The predicted molar refractivity (Wildman–Crippen MR) is 113 cm³/mol. The molecular formula is C21H26ClN3O3. The Morgan fingerprint density at radius 3 is 2.68 bits per heavy atom. The summed E-state index contributed by atoms with van der Waals surface area (Å²) >= 11 is 5.93. The number of hydrogen-bond acceptors (Lipinski definition) is 5. The third kappa shape index (κ3) is 6.41. The molecule has 1 aliphatic heterocycles. The molecule has 0 aromatic heterocycles. The molecule has 6 nitrogen and oxygen atoms in total. The Kier molecular flexibility index (Phi) is 7.54. The van der Waals surface area contributed by atoms with Crippen LogP contribution in [0.5, 0.6) is 5.75 Å². The molecule has 1 N–H and O–H groups in total. The first-order chi connectivity index (χ1) is 13.6. The van der Waals surface area contributed by atoms with Gasteiger partial charge in [-0.25, -0.2) is 0 Å². The van der Waals surface area contributed by atoms with Gasteiger partial charge in [-0.1, -0.05) is 17.7 Å². The van der Waals surface area contributed by atoms with Gasteiger partial charge in [0.25, 0.3) is 0 Å². The number of amides is 1. The Morgan fingerprint density at radius 2 is 1.96 bits per heavy atom. The zero-order chi connectivity index (χ0) is 19.8. The van der Waals surface area contributed by atoms with Crippen molar-refractivity contribution in [2.75, 3.05) is 63.3 Å². The van der Waals surface area contributed by atoms with E-state index in [1.165, 1.54) is 0 Å². The van der Waals surface area contributed by atoms with Crippen molar-refractivity contribution in [3.05, 3.63) is 53.6 Å². The van der Waals surface area contributed by atoms with Gasteiger partial charge in [0.05, 0.1) is 19.8 Å². The Hall–Kier alpha value is -2.28. The molecule has 0 saturated carbocycles. The van der Waals surface area contributed by atoms with Crippen molar-refractivity contribution < 1.29 is 14.3 Å². The first-order valence-electron chi connectivity index (χ1n) is 9.40. The lowest BCUT2D eigenvalue weighted by molar-refractivity contribution is -0.117. The van der Waals surface area contributed by atoms with E-state index >= 15 is 0 Å². The van der Waals surface area contributed by atoms with E-state index in [4.69, 9.17) is 21.1 Å². The fraction of sp³-hybridized carbons (Fsp3) is 0.381. The van der Waals surface area contributed by atoms with Crippen LogP contribution in [0.25, 0.3) is 0 Å². The third-order valence-corrected chi connectivity index (χ3v) is 4.71. The molecule has 0 spiro atoms. The van der Waals surface area contributed by atoms with Gasteiger partial charge in [-0.15, -0.1) is 0 Å². The van der Waals surface area contributed by atoms with Gasteiger partial charge in [0.1, 0.15) is 12.4 Å². The lowest BCUT2D eigenvalue weighted by atomic mass is 10.2. The van der Waals surface area contributed by atoms with Crippen LogP contribution in [-0.4, -0.2) is 63.9 Å². The summed E-state index contributed by atoms with van der Waals surface area (Å²) in [6.07, 6.45) is 0. The van der Waals surface area contributed by atoms with Crippen LogP contribution in [-0.2, 0) is 9.53 Å². The molecule has 0 atom stereocenters. The van der Waals surface area contributed by atoms with Gasteiger partial charge >= 0.3 is 0 Å². The van der Waals surface area contributed by atoms with Gasteiger partial charge in [-0.2, -0.15) is 0 Å². The number of likely N-dealkylation sites (N-methyl/N-ethyl adjacent to an activating group) is 1. The van der Waals surface area contributed by atoms with E-state index < -0.39 is 0 Å². The van der Waals surface area contributed by atoms with Crippen molar-refractivity contribution in [3.63, 3.8) is 0 Å². The molecule has 0 unspecified atom stereocenters. The molecule has 0 aliphatic carbocycles. The normalized spacial score (nSPS) is 14.2. The number of benzene rings is 2. The maximum atomic E-state index is 12.2. The molecule has 1 aliphatic rings. The van der Waals surface area contributed by atoms with E-state index in [1.807, 2.05) is 48.3 Å². The van der Waals surface area contributed by atoms with Crippen molar-refractivity contribution in [2.24, 2.45) is 0 Å². The monoisotopic (exact) mass is 403 g/mol. The number of halogens is 1. The number of rotatable bonds is 8. The maximum absolute atomic E-state index is 12.2. The zero-order valence-electron chi connectivity index (χ0n) is 16.1. The average Bonchev–Trinajstić information content (AvgIpc) is 2.69. The molecule has 28 heavy (non-hydrogen) atoms. The number of carbonyl (C=O) groups is 1. The maximum Gasteiger partial charge on any atom is 0.238 e. The van der Waals surface area contributed by atoms with Crippen LogP contribution < -0.4 is 15.0 Å². The number of hydrogen-bond donors (Lipinski definition) is 1. The van der Waals surface area contributed by atoms with Gasteiger partial charge in [0, 0.05) is 36.0 Å². The summed E-state index contributed by atoms with van der Waals surface area (Å²) in [5.74, 6) is 0.676. The predicted octanol–water partition coefficient (Wildman–Crippen LogP) is 3.13. The molecule has 2 aromatic rings. The molecule has 1 heterocycles. The van der Waals surface area contributed by atoms with Gasteiger partial charge in [0.2, 0.25) is 5.91 Å². The molecule has 1 saturated heterocycles. The molecule has 150 valence electrons. The number of nitrogens with zero attached hydrogens (tertiary/aromatic N) is 2. The SMILES string of the molecule is CN(CCOc1cccc(Cl)c1)CC(=O)Nc1ccc(N2CCOCC2)cc1. The molecule has 2 aromatic carbocycles. The second kappa shape index (κ2) is 10.3. The molecule has 3 rings (SSSR count). The summed E-state index contributed by atoms with van der Waals surface area (Å²) in [4.78, 5) is 16.4. The Balaban J connectivity index is 1.39. The zero-order valence-corrected chi connectivity index (χ0v) is 16.8. The van der Waals surface area contributed by atoms with E-state index in [0.29, 0.717) is 24.7 Å². The molecular weight excluding hydrogens is 378 g/mol. The van der Waals surface area contributed by atoms with Crippen molar-refractivity contribution in [2.45, 2.75) is 0 Å². The number of anilines is 2. The summed E-state index contributed by atoms with van der Waals surface area (Å²) < 4.78 is 11.0. The number of carbonyl (C=O) groups excluding carboxylic acids is 1. The lowest BCUT2D eigenvalue weighted by Gasteiger charge is -2.28. The highest BCUT2D eigenvalue weighted by molar-refractivity contribution is 6.30. The second-order valence-corrected chi connectivity index (χ2v) is 7.17. The highest BCUT2D eigenvalue weighted by Gasteiger charge is 2.12. The molecule has 1 fully saturated rings. The standard InChI is InChI=1S/C21H26ClN3O3/c1-24(9-14-28-20-4-2-3-17(22)15-20)16-21(26)23-18-5-7-19(8-6-18)25-10-12-27-13-11-25/h2-8,15H,9-14,16H2,1H3,(H,23,26). The number of morpholine rings is 1. The molecule has 0 radical (unpaired) electrons. The molecule has 7 heteroatoms. The van der Waals surface area contributed by atoms with Crippen LogP contribution in [0.1, 0.15) is 0 Å². The fourth-order valence-electron chi connectivity index (χ4n) is 2.98. The van der Waals surface area contributed by atoms with Crippen molar-refractivity contribution in [1.82, 2.24) is 4.90 Å². The van der Waals surface area contributed by atoms with Crippen LogP contribution in [0.4, 0.5) is 11.4 Å². The minimum atomic E-state index is -0.0515. The number of ether oxygens (including phenoxy) is 2. The van der Waals surface area contributed by atoms with Crippen LogP contribution in [0.15, 0.2) is 48.5 Å². The van der Waals surface area contributed by atoms with Crippen molar-refractivity contribution >= 4 is 28.9 Å². The molecule has 1 amide bonds. The first-order valence-corrected chi connectivity index (χ1v) is 9.77. The highest BCUT2D eigenvalue weighted by atomic mass is 35.5. The summed E-state index contributed by atoms with van der Waals surface area (Å²) in [7, 11) is 1.89. The Bertz CT molecular complexity index is 764. The van der Waals surface area contributed by atoms with Gasteiger partial charge in [0.15, 0.2) is 0 Å². The van der Waals surface area contributed by atoms with E-state index in [2.05, 4.69) is 10.2 Å². The van der Waals surface area contributed by atoms with Gasteiger partial charge < -0.3 is 19.7 Å². The first kappa shape index (κ1) is 20.5. The summed E-state index contributed by atoms with van der Waals surface area (Å²) in [5, 5.41) is 3.58. The Morgan fingerprint density at radius 1 is 1.21 bits per heavy atom. The average molecular weight is 404 g/mol. The summed E-state index contributed by atoms with van der Waals surface area (Å²) in [6.45, 7) is 4.72. The second-order valence-electron chi connectivity index (χ2n) is 6.74. The van der Waals surface area contributed by atoms with Crippen LogP contribution in [0.3, 0.4) is 0 Å². The van der Waals surface area contributed by atoms with Crippen molar-refractivity contribution in [3.8, 4) is 5.75 Å². The van der Waals surface area contributed by atoms with Crippen LogP contribution in [0, 0.1) is 0 Å². The largest absolute Gasteiger partial charge is 0.492 e. The van der Waals surface area contributed by atoms with Crippen LogP contribution in [0.2, 0.25) is 5.02 Å². The fourth-order valence-corrected chi connectivity index (χ4v) is 3.16. The van der Waals surface area contributed by atoms with Gasteiger partial charge in [-0.3, -0.25) is 9.69 Å². The minimum Gasteiger partial charge on any atom is -0.492 e. The lowest BCUT2D eigenvalue weighted by Crippen LogP contribution is -2.36. The Labute approximate surface area is 171 Å². The van der Waals surface area contributed by atoms with E-state index in [-0.39, 0.29) is 5.91 Å². The minimum absolute atomic E-state index is 0.0515.